The second kappa shape index (κ2) is 4.24. The predicted molar refractivity (Wildman–Crippen MR) is 57.6 cm³/mol. The largest absolute Gasteiger partial charge is 0.324 e. The van der Waals surface area contributed by atoms with Gasteiger partial charge in [-0.1, -0.05) is 49.4 Å². The van der Waals surface area contributed by atoms with Crippen molar-refractivity contribution in [3.05, 3.63) is 48.0 Å². The van der Waals surface area contributed by atoms with Crippen LogP contribution in [0, 0.1) is 0 Å². The van der Waals surface area contributed by atoms with Gasteiger partial charge in [0.2, 0.25) is 0 Å². The van der Waals surface area contributed by atoms with Crippen LogP contribution in [0.5, 0.6) is 0 Å². The van der Waals surface area contributed by atoms with Gasteiger partial charge in [0.25, 0.3) is 0 Å². The maximum atomic E-state index is 5.99. The Hall–Kier alpha value is -1.08. The molecule has 70 valence electrons. The first-order valence-electron chi connectivity index (χ1n) is 4.59. The molecule has 0 saturated heterocycles. The van der Waals surface area contributed by atoms with Crippen molar-refractivity contribution in [3.63, 3.8) is 0 Å². The van der Waals surface area contributed by atoms with Gasteiger partial charge in [0.15, 0.2) is 0 Å². The van der Waals surface area contributed by atoms with Crippen LogP contribution in [0.25, 0.3) is 0 Å². The average Bonchev–Trinajstić information content (AvgIpc) is 2.17. The standard InChI is InChI=1S/C12H17N/c1-9(2)12(13)10(3)11-7-5-4-6-8-11/h4-8,10,12H,1,13H2,2-3H3. The van der Waals surface area contributed by atoms with Crippen molar-refractivity contribution >= 4 is 0 Å². The lowest BCUT2D eigenvalue weighted by Crippen LogP contribution is -2.27. The topological polar surface area (TPSA) is 26.0 Å². The molecule has 0 spiro atoms. The van der Waals surface area contributed by atoms with Crippen LogP contribution >= 0.6 is 0 Å². The summed E-state index contributed by atoms with van der Waals surface area (Å²) in [4.78, 5) is 0. The molecule has 0 heterocycles. The molecule has 1 rings (SSSR count). The van der Waals surface area contributed by atoms with E-state index in [1.165, 1.54) is 5.56 Å². The molecule has 1 aromatic rings. The highest BCUT2D eigenvalue weighted by molar-refractivity contribution is 5.23. The monoisotopic (exact) mass is 175 g/mol. The summed E-state index contributed by atoms with van der Waals surface area (Å²) in [5, 5.41) is 0. The third kappa shape index (κ3) is 2.43. The Labute approximate surface area is 80.3 Å². The minimum Gasteiger partial charge on any atom is -0.324 e. The van der Waals surface area contributed by atoms with E-state index in [0.717, 1.165) is 5.57 Å². The predicted octanol–water partition coefficient (Wildman–Crippen LogP) is 2.69. The van der Waals surface area contributed by atoms with Crippen molar-refractivity contribution in [1.29, 1.82) is 0 Å². The molecule has 0 aliphatic carbocycles. The van der Waals surface area contributed by atoms with E-state index in [1.54, 1.807) is 0 Å². The molecule has 0 fully saturated rings. The summed E-state index contributed by atoms with van der Waals surface area (Å²) in [6.07, 6.45) is 0. The fourth-order valence-corrected chi connectivity index (χ4v) is 1.39. The molecule has 2 unspecified atom stereocenters. The molecule has 1 heteroatoms. The van der Waals surface area contributed by atoms with Gasteiger partial charge < -0.3 is 5.73 Å². The highest BCUT2D eigenvalue weighted by Crippen LogP contribution is 2.20. The van der Waals surface area contributed by atoms with Crippen molar-refractivity contribution in [1.82, 2.24) is 0 Å². The molecule has 0 aliphatic rings. The van der Waals surface area contributed by atoms with Crippen molar-refractivity contribution < 1.29 is 0 Å². The van der Waals surface area contributed by atoms with Crippen LogP contribution in [0.2, 0.25) is 0 Å². The number of rotatable bonds is 3. The normalized spacial score (nSPS) is 15.0. The Morgan fingerprint density at radius 3 is 2.31 bits per heavy atom. The van der Waals surface area contributed by atoms with E-state index < -0.39 is 0 Å². The molecule has 0 bridgehead atoms. The Balaban J connectivity index is 2.79. The highest BCUT2D eigenvalue weighted by Gasteiger charge is 2.14. The number of benzene rings is 1. The summed E-state index contributed by atoms with van der Waals surface area (Å²) in [5.74, 6) is 0.346. The first-order chi connectivity index (χ1) is 6.13. The maximum absolute atomic E-state index is 5.99. The minimum absolute atomic E-state index is 0.0578. The summed E-state index contributed by atoms with van der Waals surface area (Å²) >= 11 is 0. The summed E-state index contributed by atoms with van der Waals surface area (Å²) < 4.78 is 0. The zero-order valence-electron chi connectivity index (χ0n) is 8.33. The lowest BCUT2D eigenvalue weighted by molar-refractivity contribution is 0.636. The second-order valence-corrected chi connectivity index (χ2v) is 3.57. The zero-order valence-corrected chi connectivity index (χ0v) is 8.33. The van der Waals surface area contributed by atoms with Gasteiger partial charge in [0.05, 0.1) is 0 Å². The van der Waals surface area contributed by atoms with E-state index in [1.807, 2.05) is 25.1 Å². The maximum Gasteiger partial charge on any atom is 0.0315 e. The first kappa shape index (κ1) is 10.0. The van der Waals surface area contributed by atoms with Gasteiger partial charge in [-0.25, -0.2) is 0 Å². The number of hydrogen-bond acceptors (Lipinski definition) is 1. The van der Waals surface area contributed by atoms with Gasteiger partial charge in [-0.05, 0) is 12.5 Å². The van der Waals surface area contributed by atoms with Crippen LogP contribution in [0.15, 0.2) is 42.5 Å². The van der Waals surface area contributed by atoms with E-state index in [9.17, 15) is 0 Å². The van der Waals surface area contributed by atoms with E-state index in [2.05, 4.69) is 25.6 Å². The Kier molecular flexibility index (Phi) is 3.26. The molecule has 0 aromatic heterocycles. The Bertz CT molecular complexity index is 276. The SMILES string of the molecule is C=C(C)C(N)C(C)c1ccccc1. The molecule has 0 radical (unpaired) electrons. The summed E-state index contributed by atoms with van der Waals surface area (Å²) in [7, 11) is 0. The quantitative estimate of drug-likeness (QED) is 0.702. The molecule has 1 nitrogen and oxygen atoms in total. The van der Waals surface area contributed by atoms with Crippen LogP contribution in [0.4, 0.5) is 0 Å². The van der Waals surface area contributed by atoms with Crippen LogP contribution in [-0.4, -0.2) is 6.04 Å². The van der Waals surface area contributed by atoms with E-state index in [4.69, 9.17) is 5.73 Å². The molecule has 0 saturated carbocycles. The number of nitrogens with two attached hydrogens (primary N) is 1. The second-order valence-electron chi connectivity index (χ2n) is 3.57. The summed E-state index contributed by atoms with van der Waals surface area (Å²) in [6, 6.07) is 10.4. The average molecular weight is 175 g/mol. The summed E-state index contributed by atoms with van der Waals surface area (Å²) in [6.45, 7) is 7.99. The molecule has 0 amide bonds. The fraction of sp³-hybridized carbons (Fsp3) is 0.333. The molecule has 1 aromatic carbocycles. The molecule has 2 N–H and O–H groups in total. The van der Waals surface area contributed by atoms with E-state index >= 15 is 0 Å². The van der Waals surface area contributed by atoms with E-state index in [-0.39, 0.29) is 6.04 Å². The van der Waals surface area contributed by atoms with Crippen LogP contribution in [0.1, 0.15) is 25.3 Å². The smallest absolute Gasteiger partial charge is 0.0315 e. The Morgan fingerprint density at radius 1 is 1.31 bits per heavy atom. The lowest BCUT2D eigenvalue weighted by atomic mass is 9.90. The van der Waals surface area contributed by atoms with Crippen LogP contribution in [-0.2, 0) is 0 Å². The summed E-state index contributed by atoms with van der Waals surface area (Å²) in [5.41, 5.74) is 8.31. The van der Waals surface area contributed by atoms with Crippen molar-refractivity contribution in [2.45, 2.75) is 25.8 Å². The molecular formula is C12H17N. The van der Waals surface area contributed by atoms with E-state index in [0.29, 0.717) is 5.92 Å². The lowest BCUT2D eigenvalue weighted by Gasteiger charge is -2.20. The van der Waals surface area contributed by atoms with Gasteiger partial charge in [0, 0.05) is 12.0 Å². The van der Waals surface area contributed by atoms with Crippen molar-refractivity contribution in [2.24, 2.45) is 5.73 Å². The van der Waals surface area contributed by atoms with Crippen LogP contribution < -0.4 is 5.73 Å². The van der Waals surface area contributed by atoms with Gasteiger partial charge in [-0.15, -0.1) is 0 Å². The van der Waals surface area contributed by atoms with Gasteiger partial charge in [-0.2, -0.15) is 0 Å². The van der Waals surface area contributed by atoms with Crippen molar-refractivity contribution in [3.8, 4) is 0 Å². The van der Waals surface area contributed by atoms with Gasteiger partial charge in [-0.3, -0.25) is 0 Å². The van der Waals surface area contributed by atoms with Crippen LogP contribution in [0.3, 0.4) is 0 Å². The molecular weight excluding hydrogens is 158 g/mol. The zero-order chi connectivity index (χ0) is 9.84. The highest BCUT2D eigenvalue weighted by atomic mass is 14.6. The third-order valence-electron chi connectivity index (χ3n) is 2.43. The Morgan fingerprint density at radius 2 is 1.85 bits per heavy atom. The number of hydrogen-bond donors (Lipinski definition) is 1. The molecule has 0 aliphatic heterocycles. The first-order valence-corrected chi connectivity index (χ1v) is 4.59. The molecule has 13 heavy (non-hydrogen) atoms. The van der Waals surface area contributed by atoms with Gasteiger partial charge >= 0.3 is 0 Å². The third-order valence-corrected chi connectivity index (χ3v) is 2.43. The molecule has 2 atom stereocenters. The van der Waals surface area contributed by atoms with Gasteiger partial charge in [0.1, 0.15) is 0 Å². The fourth-order valence-electron chi connectivity index (χ4n) is 1.39. The van der Waals surface area contributed by atoms with Crippen molar-refractivity contribution in [2.75, 3.05) is 0 Å². The minimum atomic E-state index is 0.0578.